The SMILES string of the molecule is Cc1ccccc1[C@H]1C=C[C@@H](CO[Si](C)(C)C(C)(C)C)O[C@@H]1OC(=O)C(C)(C)C. The molecule has 29 heavy (non-hydrogen) atoms. The maximum absolute atomic E-state index is 12.6. The van der Waals surface area contributed by atoms with Crippen molar-refractivity contribution < 1.29 is 18.7 Å². The van der Waals surface area contributed by atoms with Gasteiger partial charge in [0.25, 0.3) is 0 Å². The Kier molecular flexibility index (Phi) is 7.19. The van der Waals surface area contributed by atoms with Crippen molar-refractivity contribution in [2.45, 2.75) is 84.9 Å². The summed E-state index contributed by atoms with van der Waals surface area (Å²) in [7, 11) is -1.88. The molecule has 5 heteroatoms. The first-order valence-electron chi connectivity index (χ1n) is 10.5. The number of aryl methyl sites for hydroxylation is 1. The fourth-order valence-electron chi connectivity index (χ4n) is 2.83. The molecule has 0 radical (unpaired) electrons. The Bertz CT molecular complexity index is 740. The minimum Gasteiger partial charge on any atom is -0.434 e. The summed E-state index contributed by atoms with van der Waals surface area (Å²) in [5.74, 6) is -0.396. The van der Waals surface area contributed by atoms with Gasteiger partial charge in [-0.25, -0.2) is 0 Å². The van der Waals surface area contributed by atoms with E-state index < -0.39 is 20.0 Å². The van der Waals surface area contributed by atoms with Crippen LogP contribution in [-0.4, -0.2) is 33.3 Å². The number of rotatable bonds is 5. The van der Waals surface area contributed by atoms with Crippen molar-refractivity contribution in [1.29, 1.82) is 0 Å². The average molecular weight is 419 g/mol. The lowest BCUT2D eigenvalue weighted by Crippen LogP contribution is -2.44. The van der Waals surface area contributed by atoms with Crippen LogP contribution in [0.1, 0.15) is 58.6 Å². The Hall–Kier alpha value is -1.43. The van der Waals surface area contributed by atoms with E-state index >= 15 is 0 Å². The lowest BCUT2D eigenvalue weighted by atomic mass is 9.91. The van der Waals surface area contributed by atoms with E-state index in [0.717, 1.165) is 11.1 Å². The molecule has 0 N–H and O–H groups in total. The summed E-state index contributed by atoms with van der Waals surface area (Å²) in [5.41, 5.74) is 1.67. The summed E-state index contributed by atoms with van der Waals surface area (Å²) < 4.78 is 18.4. The Morgan fingerprint density at radius 2 is 1.69 bits per heavy atom. The maximum atomic E-state index is 12.6. The number of carbonyl (C=O) groups excluding carboxylic acids is 1. The standard InChI is InChI=1S/C24H38O4Si/c1-17-12-10-11-13-19(17)20-15-14-18(16-26-29(8,9)24(5,6)7)27-21(20)28-22(25)23(2,3)4/h10-15,18,20-21H,16H2,1-9H3/t18-,20+,21+/m0/s1. The molecule has 1 aromatic rings. The molecule has 0 unspecified atom stereocenters. The zero-order valence-electron chi connectivity index (χ0n) is 19.5. The van der Waals surface area contributed by atoms with Gasteiger partial charge in [0.15, 0.2) is 8.32 Å². The van der Waals surface area contributed by atoms with Crippen LogP contribution in [-0.2, 0) is 18.7 Å². The monoisotopic (exact) mass is 418 g/mol. The van der Waals surface area contributed by atoms with Gasteiger partial charge in [-0.2, -0.15) is 0 Å². The van der Waals surface area contributed by atoms with Gasteiger partial charge in [-0.3, -0.25) is 4.79 Å². The van der Waals surface area contributed by atoms with Crippen molar-refractivity contribution in [2.24, 2.45) is 5.41 Å². The Morgan fingerprint density at radius 1 is 1.07 bits per heavy atom. The number of hydrogen-bond donors (Lipinski definition) is 0. The Labute approximate surface area is 177 Å². The second-order valence-electron chi connectivity index (χ2n) is 10.5. The van der Waals surface area contributed by atoms with Crippen LogP contribution in [0.3, 0.4) is 0 Å². The van der Waals surface area contributed by atoms with Crippen molar-refractivity contribution in [2.75, 3.05) is 6.61 Å². The van der Waals surface area contributed by atoms with Crippen LogP contribution in [0, 0.1) is 12.3 Å². The molecule has 1 aliphatic heterocycles. The van der Waals surface area contributed by atoms with E-state index in [0.29, 0.717) is 6.61 Å². The van der Waals surface area contributed by atoms with Gasteiger partial charge < -0.3 is 13.9 Å². The highest BCUT2D eigenvalue weighted by molar-refractivity contribution is 6.74. The summed E-state index contributed by atoms with van der Waals surface area (Å²) in [5, 5.41) is 0.132. The van der Waals surface area contributed by atoms with Gasteiger partial charge in [0.2, 0.25) is 6.29 Å². The minimum absolute atomic E-state index is 0.132. The Balaban J connectivity index is 2.23. The van der Waals surface area contributed by atoms with Crippen LogP contribution in [0.4, 0.5) is 0 Å². The summed E-state index contributed by atoms with van der Waals surface area (Å²) >= 11 is 0. The largest absolute Gasteiger partial charge is 0.434 e. The van der Waals surface area contributed by atoms with E-state index in [4.69, 9.17) is 13.9 Å². The third-order valence-electron chi connectivity index (χ3n) is 5.93. The first-order valence-corrected chi connectivity index (χ1v) is 13.4. The van der Waals surface area contributed by atoms with Gasteiger partial charge >= 0.3 is 5.97 Å². The van der Waals surface area contributed by atoms with Crippen LogP contribution >= 0.6 is 0 Å². The van der Waals surface area contributed by atoms with Crippen molar-refractivity contribution in [3.8, 4) is 0 Å². The van der Waals surface area contributed by atoms with Crippen molar-refractivity contribution in [3.05, 3.63) is 47.5 Å². The third-order valence-corrected chi connectivity index (χ3v) is 10.4. The molecule has 0 aliphatic carbocycles. The average Bonchev–Trinajstić information content (AvgIpc) is 2.59. The summed E-state index contributed by atoms with van der Waals surface area (Å²) in [6.07, 6.45) is 3.25. The van der Waals surface area contributed by atoms with Gasteiger partial charge in [0.05, 0.1) is 17.9 Å². The van der Waals surface area contributed by atoms with Gasteiger partial charge in [0.1, 0.15) is 6.10 Å². The van der Waals surface area contributed by atoms with Gasteiger partial charge in [-0.05, 0) is 57.0 Å². The molecular formula is C24H38O4Si. The second-order valence-corrected chi connectivity index (χ2v) is 15.3. The lowest BCUT2D eigenvalue weighted by Gasteiger charge is -2.39. The molecule has 4 nitrogen and oxygen atoms in total. The fourth-order valence-corrected chi connectivity index (χ4v) is 3.85. The molecule has 1 aliphatic rings. The van der Waals surface area contributed by atoms with Crippen LogP contribution < -0.4 is 0 Å². The van der Waals surface area contributed by atoms with Crippen LogP contribution in [0.5, 0.6) is 0 Å². The van der Waals surface area contributed by atoms with E-state index in [1.807, 2.05) is 39.0 Å². The van der Waals surface area contributed by atoms with E-state index in [2.05, 4.69) is 59.0 Å². The molecule has 1 aromatic carbocycles. The van der Waals surface area contributed by atoms with Gasteiger partial charge in [0, 0.05) is 0 Å². The lowest BCUT2D eigenvalue weighted by molar-refractivity contribution is -0.201. The molecule has 0 fully saturated rings. The Morgan fingerprint density at radius 3 is 2.24 bits per heavy atom. The highest BCUT2D eigenvalue weighted by atomic mass is 28.4. The third kappa shape index (κ3) is 6.03. The summed E-state index contributed by atoms with van der Waals surface area (Å²) in [4.78, 5) is 12.6. The zero-order valence-corrected chi connectivity index (χ0v) is 20.5. The van der Waals surface area contributed by atoms with Gasteiger partial charge in [-0.15, -0.1) is 0 Å². The predicted molar refractivity (Wildman–Crippen MR) is 120 cm³/mol. The first-order chi connectivity index (χ1) is 13.2. The molecule has 0 spiro atoms. The summed E-state index contributed by atoms with van der Waals surface area (Å²) in [6.45, 7) is 19.2. The zero-order chi connectivity index (χ0) is 22.0. The van der Waals surface area contributed by atoms with E-state index in [1.165, 1.54) is 0 Å². The minimum atomic E-state index is -1.88. The highest BCUT2D eigenvalue weighted by Gasteiger charge is 2.39. The van der Waals surface area contributed by atoms with Crippen molar-refractivity contribution >= 4 is 14.3 Å². The highest BCUT2D eigenvalue weighted by Crippen LogP contribution is 2.38. The number of ether oxygens (including phenoxy) is 2. The predicted octanol–water partition coefficient (Wildman–Crippen LogP) is 5.97. The number of carbonyl (C=O) groups is 1. The van der Waals surface area contributed by atoms with Crippen molar-refractivity contribution in [3.63, 3.8) is 0 Å². The summed E-state index contributed by atoms with van der Waals surface area (Å²) in [6, 6.07) is 8.15. The quantitative estimate of drug-likeness (QED) is 0.336. The molecular weight excluding hydrogens is 380 g/mol. The molecule has 2 rings (SSSR count). The fraction of sp³-hybridized carbons (Fsp3) is 0.625. The first kappa shape index (κ1) is 23.8. The second kappa shape index (κ2) is 8.74. The molecule has 1 heterocycles. The van der Waals surface area contributed by atoms with Crippen LogP contribution in [0.15, 0.2) is 36.4 Å². The molecule has 162 valence electrons. The smallest absolute Gasteiger partial charge is 0.313 e. The topological polar surface area (TPSA) is 44.8 Å². The number of hydrogen-bond acceptors (Lipinski definition) is 4. The maximum Gasteiger partial charge on any atom is 0.313 e. The molecule has 0 amide bonds. The van der Waals surface area contributed by atoms with Crippen LogP contribution in [0.2, 0.25) is 18.1 Å². The van der Waals surface area contributed by atoms with E-state index in [-0.39, 0.29) is 23.0 Å². The van der Waals surface area contributed by atoms with Crippen LogP contribution in [0.25, 0.3) is 0 Å². The molecule has 3 atom stereocenters. The molecule has 0 saturated carbocycles. The van der Waals surface area contributed by atoms with E-state index in [1.54, 1.807) is 0 Å². The van der Waals surface area contributed by atoms with Crippen molar-refractivity contribution in [1.82, 2.24) is 0 Å². The number of esters is 1. The molecule has 0 bridgehead atoms. The molecule has 0 saturated heterocycles. The normalized spacial score (nSPS) is 23.1. The van der Waals surface area contributed by atoms with E-state index in [9.17, 15) is 4.79 Å². The molecule has 0 aromatic heterocycles. The number of benzene rings is 1. The van der Waals surface area contributed by atoms with Gasteiger partial charge in [-0.1, -0.05) is 57.2 Å².